The maximum absolute atomic E-state index is 12.5. The molecule has 1 heterocycles. The fourth-order valence-corrected chi connectivity index (χ4v) is 3.83. The lowest BCUT2D eigenvalue weighted by Crippen LogP contribution is -2.28. The van der Waals surface area contributed by atoms with Crippen molar-refractivity contribution in [2.75, 3.05) is 12.9 Å². The first kappa shape index (κ1) is 21.8. The van der Waals surface area contributed by atoms with E-state index in [0.29, 0.717) is 5.16 Å². The molecule has 1 aromatic heterocycles. The number of nitrogens with one attached hydrogen (secondary N) is 1. The van der Waals surface area contributed by atoms with Crippen LogP contribution in [0.15, 0.2) is 53.7 Å². The van der Waals surface area contributed by atoms with E-state index in [-0.39, 0.29) is 17.7 Å². The molecule has 0 spiro atoms. The van der Waals surface area contributed by atoms with E-state index in [4.69, 9.17) is 4.74 Å². The first-order chi connectivity index (χ1) is 14.6. The molecule has 0 saturated heterocycles. The number of rotatable bonds is 10. The van der Waals surface area contributed by atoms with Crippen molar-refractivity contribution in [3.63, 3.8) is 0 Å². The molecule has 3 rings (SSSR count). The maximum atomic E-state index is 12.5. The summed E-state index contributed by atoms with van der Waals surface area (Å²) in [4.78, 5) is 12.5. The molecule has 7 nitrogen and oxygen atoms in total. The van der Waals surface area contributed by atoms with Crippen LogP contribution < -0.4 is 10.1 Å². The Bertz CT molecular complexity index is 958. The summed E-state index contributed by atoms with van der Waals surface area (Å²) in [6.07, 6.45) is 3.42. The van der Waals surface area contributed by atoms with Crippen LogP contribution in [-0.2, 0) is 11.2 Å². The number of carbonyl (C=O) groups excluding carboxylic acids is 1. The number of hydrogen-bond donors (Lipinski definition) is 1. The fourth-order valence-electron chi connectivity index (χ4n) is 3.13. The minimum absolute atomic E-state index is 0.0946. The molecule has 0 radical (unpaired) electrons. The minimum Gasteiger partial charge on any atom is -0.496 e. The Labute approximate surface area is 181 Å². The van der Waals surface area contributed by atoms with Gasteiger partial charge in [0.25, 0.3) is 0 Å². The molecule has 0 bridgehead atoms. The lowest BCUT2D eigenvalue weighted by Gasteiger charge is -2.17. The summed E-state index contributed by atoms with van der Waals surface area (Å²) in [5.41, 5.74) is 3.12. The van der Waals surface area contributed by atoms with Gasteiger partial charge in [0, 0.05) is 5.56 Å². The average molecular weight is 426 g/mol. The van der Waals surface area contributed by atoms with Gasteiger partial charge >= 0.3 is 0 Å². The summed E-state index contributed by atoms with van der Waals surface area (Å²) in [7, 11) is 1.62. The van der Waals surface area contributed by atoms with Gasteiger partial charge in [0.2, 0.25) is 11.1 Å². The summed E-state index contributed by atoms with van der Waals surface area (Å²) in [6, 6.07) is 15.7. The molecule has 0 aliphatic rings. The standard InChI is InChI=1S/C22H27N5O2S/c1-4-5-8-17-11-13-18(14-12-17)27-22(24-25-26-27)30-15-21(28)23-16(2)19-9-6-7-10-20(19)29-3/h6-7,9-14,16H,4-5,8,15H2,1-3H3,(H,23,28). The van der Waals surface area contributed by atoms with Crippen molar-refractivity contribution in [3.8, 4) is 11.4 Å². The number of aryl methyl sites for hydroxylation is 1. The second-order valence-corrected chi connectivity index (χ2v) is 7.91. The SMILES string of the molecule is CCCCc1ccc(-n2nnnc2SCC(=O)NC(C)c2ccccc2OC)cc1. The maximum Gasteiger partial charge on any atom is 0.230 e. The number of carbonyl (C=O) groups is 1. The van der Waals surface area contributed by atoms with E-state index in [9.17, 15) is 4.79 Å². The number of aromatic nitrogens is 4. The van der Waals surface area contributed by atoms with Gasteiger partial charge in [-0.15, -0.1) is 5.10 Å². The molecule has 1 atom stereocenters. The van der Waals surface area contributed by atoms with Crippen molar-refractivity contribution in [1.82, 2.24) is 25.5 Å². The number of para-hydroxylation sites is 1. The number of thioether (sulfide) groups is 1. The van der Waals surface area contributed by atoms with Gasteiger partial charge in [-0.2, -0.15) is 4.68 Å². The number of benzene rings is 2. The molecule has 1 amide bonds. The minimum atomic E-state index is -0.166. The zero-order valence-electron chi connectivity index (χ0n) is 17.5. The number of ether oxygens (including phenoxy) is 1. The number of tetrazole rings is 1. The average Bonchev–Trinajstić information content (AvgIpc) is 3.25. The number of amides is 1. The van der Waals surface area contributed by atoms with Gasteiger partial charge in [0.05, 0.1) is 24.6 Å². The largest absolute Gasteiger partial charge is 0.496 e. The third kappa shape index (κ3) is 5.60. The van der Waals surface area contributed by atoms with Crippen LogP contribution in [0.2, 0.25) is 0 Å². The van der Waals surface area contributed by atoms with Gasteiger partial charge in [0.15, 0.2) is 0 Å². The van der Waals surface area contributed by atoms with Crippen LogP contribution in [0.25, 0.3) is 5.69 Å². The third-order valence-electron chi connectivity index (χ3n) is 4.76. The number of hydrogen-bond acceptors (Lipinski definition) is 6. The molecule has 30 heavy (non-hydrogen) atoms. The van der Waals surface area contributed by atoms with Gasteiger partial charge in [0.1, 0.15) is 5.75 Å². The van der Waals surface area contributed by atoms with Crippen molar-refractivity contribution in [3.05, 3.63) is 59.7 Å². The second kappa shape index (κ2) is 10.8. The lowest BCUT2D eigenvalue weighted by molar-refractivity contribution is -0.119. The van der Waals surface area contributed by atoms with E-state index < -0.39 is 0 Å². The van der Waals surface area contributed by atoms with E-state index >= 15 is 0 Å². The predicted molar refractivity (Wildman–Crippen MR) is 118 cm³/mol. The van der Waals surface area contributed by atoms with Crippen molar-refractivity contribution in [2.24, 2.45) is 0 Å². The highest BCUT2D eigenvalue weighted by atomic mass is 32.2. The summed E-state index contributed by atoms with van der Waals surface area (Å²) in [5, 5.41) is 15.5. The Kier molecular flexibility index (Phi) is 7.84. The van der Waals surface area contributed by atoms with Crippen LogP contribution in [0.4, 0.5) is 0 Å². The van der Waals surface area contributed by atoms with Crippen molar-refractivity contribution < 1.29 is 9.53 Å². The van der Waals surface area contributed by atoms with Crippen LogP contribution in [0.5, 0.6) is 5.75 Å². The van der Waals surface area contributed by atoms with E-state index in [1.54, 1.807) is 11.8 Å². The molecule has 1 unspecified atom stereocenters. The van der Waals surface area contributed by atoms with E-state index in [0.717, 1.165) is 23.4 Å². The Morgan fingerprint density at radius 1 is 1.20 bits per heavy atom. The van der Waals surface area contributed by atoms with E-state index in [2.05, 4.69) is 39.9 Å². The first-order valence-electron chi connectivity index (χ1n) is 10.0. The molecule has 1 N–H and O–H groups in total. The third-order valence-corrected chi connectivity index (χ3v) is 5.68. The first-order valence-corrected chi connectivity index (χ1v) is 11.0. The molecule has 0 aliphatic carbocycles. The zero-order valence-corrected chi connectivity index (χ0v) is 18.4. The van der Waals surface area contributed by atoms with Crippen LogP contribution in [0.3, 0.4) is 0 Å². The Morgan fingerprint density at radius 2 is 1.97 bits per heavy atom. The highest BCUT2D eigenvalue weighted by molar-refractivity contribution is 7.99. The molecule has 0 fully saturated rings. The second-order valence-electron chi connectivity index (χ2n) is 6.96. The molecule has 2 aromatic carbocycles. The van der Waals surface area contributed by atoms with Gasteiger partial charge in [-0.3, -0.25) is 4.79 Å². The van der Waals surface area contributed by atoms with Gasteiger partial charge < -0.3 is 10.1 Å². The predicted octanol–water partition coefficient (Wildman–Crippen LogP) is 3.98. The van der Waals surface area contributed by atoms with Crippen LogP contribution in [0, 0.1) is 0 Å². The molecular formula is C22H27N5O2S. The molecule has 158 valence electrons. The number of methoxy groups -OCH3 is 1. The molecule has 0 saturated carbocycles. The summed E-state index contributed by atoms with van der Waals surface area (Å²) in [5.74, 6) is 0.876. The van der Waals surface area contributed by atoms with Crippen molar-refractivity contribution >= 4 is 17.7 Å². The topological polar surface area (TPSA) is 81.9 Å². The molecule has 8 heteroatoms. The van der Waals surface area contributed by atoms with Gasteiger partial charge in [-0.05, 0) is 54.0 Å². The lowest BCUT2D eigenvalue weighted by atomic mass is 10.1. The molecular weight excluding hydrogens is 398 g/mol. The number of nitrogens with zero attached hydrogens (tertiary/aromatic N) is 4. The normalized spacial score (nSPS) is 11.8. The summed E-state index contributed by atoms with van der Waals surface area (Å²) in [6.45, 7) is 4.12. The number of unbranched alkanes of at least 4 members (excludes halogenated alkanes) is 1. The van der Waals surface area contributed by atoms with E-state index in [1.165, 1.54) is 30.2 Å². The van der Waals surface area contributed by atoms with Crippen LogP contribution >= 0.6 is 11.8 Å². The van der Waals surface area contributed by atoms with E-state index in [1.807, 2.05) is 43.3 Å². The molecule has 0 aliphatic heterocycles. The van der Waals surface area contributed by atoms with Crippen molar-refractivity contribution in [1.29, 1.82) is 0 Å². The van der Waals surface area contributed by atoms with Crippen molar-refractivity contribution in [2.45, 2.75) is 44.3 Å². The summed E-state index contributed by atoms with van der Waals surface area (Å²) >= 11 is 1.31. The van der Waals surface area contributed by atoms with Gasteiger partial charge in [-0.25, -0.2) is 0 Å². The van der Waals surface area contributed by atoms with Gasteiger partial charge in [-0.1, -0.05) is 55.4 Å². The monoisotopic (exact) mass is 425 g/mol. The van der Waals surface area contributed by atoms with Crippen LogP contribution in [-0.4, -0.2) is 39.0 Å². The smallest absolute Gasteiger partial charge is 0.230 e. The fraction of sp³-hybridized carbons (Fsp3) is 0.364. The highest BCUT2D eigenvalue weighted by Gasteiger charge is 2.16. The summed E-state index contributed by atoms with van der Waals surface area (Å²) < 4.78 is 7.03. The Morgan fingerprint density at radius 3 is 2.70 bits per heavy atom. The zero-order chi connectivity index (χ0) is 21.3. The highest BCUT2D eigenvalue weighted by Crippen LogP contribution is 2.25. The molecule has 3 aromatic rings. The Balaban J connectivity index is 1.59. The quantitative estimate of drug-likeness (QED) is 0.495. The Hall–Kier alpha value is -2.87. The van der Waals surface area contributed by atoms with Crippen LogP contribution in [0.1, 0.15) is 43.9 Å².